The summed E-state index contributed by atoms with van der Waals surface area (Å²) in [4.78, 5) is 11.6. The van der Waals surface area contributed by atoms with Crippen LogP contribution in [0.15, 0.2) is 29.3 Å². The number of fused-ring (bicyclic) bond motifs is 3. The highest BCUT2D eigenvalue weighted by molar-refractivity contribution is 6.14. The molecule has 5 rings (SSSR count). The molecule has 0 amide bonds. The average molecular weight is 438 g/mol. The summed E-state index contributed by atoms with van der Waals surface area (Å²) in [5.74, 6) is -0.498. The summed E-state index contributed by atoms with van der Waals surface area (Å²) in [5, 5.41) is 10.5. The molecule has 0 unspecified atom stereocenters. The molecule has 0 spiro atoms. The first-order valence-electron chi connectivity index (χ1n) is 10.6. The summed E-state index contributed by atoms with van der Waals surface area (Å²) in [7, 11) is 0. The number of amidine groups is 1. The number of nitrogens with zero attached hydrogens (tertiary/aromatic N) is 4. The zero-order chi connectivity index (χ0) is 22.6. The number of anilines is 2. The number of ether oxygens (including phenoxy) is 1. The first kappa shape index (κ1) is 20.6. The lowest BCUT2D eigenvalue weighted by Crippen LogP contribution is -2.45. The first-order chi connectivity index (χ1) is 15.3. The van der Waals surface area contributed by atoms with Gasteiger partial charge in [-0.3, -0.25) is 5.10 Å². The molecule has 0 radical (unpaired) electrons. The van der Waals surface area contributed by atoms with E-state index in [0.717, 1.165) is 24.5 Å². The normalized spacial score (nSPS) is 20.2. The Kier molecular flexibility index (Phi) is 4.93. The zero-order valence-corrected chi connectivity index (χ0v) is 18.3. The Morgan fingerprint density at radius 2 is 1.75 bits per heavy atom. The van der Waals surface area contributed by atoms with Crippen LogP contribution >= 0.6 is 0 Å². The minimum Gasteiger partial charge on any atom is -0.372 e. The van der Waals surface area contributed by atoms with Crippen molar-refractivity contribution in [1.82, 2.24) is 15.2 Å². The highest BCUT2D eigenvalue weighted by atomic mass is 19.1. The lowest BCUT2D eigenvalue weighted by Gasteiger charge is -2.36. The summed E-state index contributed by atoms with van der Waals surface area (Å²) >= 11 is 0. The fourth-order valence-corrected chi connectivity index (χ4v) is 4.39. The molecule has 166 valence electrons. The van der Waals surface area contributed by atoms with E-state index in [4.69, 9.17) is 9.72 Å². The van der Waals surface area contributed by atoms with E-state index in [1.807, 2.05) is 26.8 Å². The van der Waals surface area contributed by atoms with E-state index in [0.29, 0.717) is 28.5 Å². The fraction of sp³-hybridized carbons (Fsp3) is 0.348. The van der Waals surface area contributed by atoms with Gasteiger partial charge in [-0.1, -0.05) is 6.07 Å². The van der Waals surface area contributed by atoms with Crippen LogP contribution in [-0.2, 0) is 4.74 Å². The predicted molar refractivity (Wildman–Crippen MR) is 120 cm³/mol. The third-order valence-electron chi connectivity index (χ3n) is 5.78. The average Bonchev–Trinajstić information content (AvgIpc) is 2.99. The molecule has 2 aromatic heterocycles. The number of benzene rings is 1. The third kappa shape index (κ3) is 3.42. The Labute approximate surface area is 184 Å². The molecule has 3 aromatic rings. The summed E-state index contributed by atoms with van der Waals surface area (Å²) < 4.78 is 35.1. The highest BCUT2D eigenvalue weighted by Crippen LogP contribution is 2.41. The molecular formula is C23H24F2N6O. The van der Waals surface area contributed by atoms with Gasteiger partial charge in [-0.2, -0.15) is 5.10 Å². The van der Waals surface area contributed by atoms with Crippen molar-refractivity contribution in [3.63, 3.8) is 0 Å². The second-order valence-electron chi connectivity index (χ2n) is 8.37. The Balaban J connectivity index is 1.67. The number of H-pyrrole nitrogens is 1. The van der Waals surface area contributed by atoms with E-state index in [9.17, 15) is 8.78 Å². The van der Waals surface area contributed by atoms with E-state index in [1.165, 1.54) is 18.2 Å². The van der Waals surface area contributed by atoms with E-state index in [2.05, 4.69) is 25.4 Å². The number of hydrogen-bond acceptors (Lipinski definition) is 6. The molecule has 2 atom stereocenters. The zero-order valence-electron chi connectivity index (χ0n) is 18.3. The van der Waals surface area contributed by atoms with Crippen LogP contribution < -0.4 is 10.2 Å². The van der Waals surface area contributed by atoms with Gasteiger partial charge < -0.3 is 15.0 Å². The Morgan fingerprint density at radius 3 is 2.44 bits per heavy atom. The van der Waals surface area contributed by atoms with Gasteiger partial charge in [-0.25, -0.2) is 18.8 Å². The molecule has 9 heteroatoms. The van der Waals surface area contributed by atoms with E-state index in [1.54, 1.807) is 6.92 Å². The lowest BCUT2D eigenvalue weighted by atomic mass is 10.1. The smallest absolute Gasteiger partial charge is 0.144 e. The van der Waals surface area contributed by atoms with Crippen LogP contribution in [-0.4, -0.2) is 46.3 Å². The molecule has 32 heavy (non-hydrogen) atoms. The van der Waals surface area contributed by atoms with Crippen LogP contribution in [0.2, 0.25) is 0 Å². The molecule has 4 heterocycles. The van der Waals surface area contributed by atoms with Crippen molar-refractivity contribution in [2.24, 2.45) is 4.99 Å². The van der Waals surface area contributed by atoms with Crippen molar-refractivity contribution >= 4 is 23.0 Å². The standard InChI is InChI=1S/C23H24F2N6O/c1-11-9-31(10-12(2)32-11)18-8-15-20(13(3)26-18)27-23(19-16(24)6-5-7-17(19)25)28-21-14(4)29-30-22(15)21/h5-8,11-12H,9-10H2,1-4H3,(H,27,28)(H,29,30)/t11-,12-/m0/s1. The van der Waals surface area contributed by atoms with Crippen molar-refractivity contribution in [2.75, 3.05) is 23.3 Å². The molecule has 2 N–H and O–H groups in total. The number of nitrogens with one attached hydrogen (secondary N) is 2. The summed E-state index contributed by atoms with van der Waals surface area (Å²) in [6, 6.07) is 5.73. The van der Waals surface area contributed by atoms with Crippen molar-refractivity contribution in [1.29, 1.82) is 0 Å². The molecule has 1 aromatic carbocycles. The SMILES string of the molecule is Cc1n[nH]c2c1N=C(c1c(F)cccc1F)Nc1c-2cc(N2C[C@H](C)O[C@@H](C)C2)nc1C. The number of rotatable bonds is 2. The largest absolute Gasteiger partial charge is 0.372 e. The van der Waals surface area contributed by atoms with Crippen LogP contribution in [0.5, 0.6) is 0 Å². The molecule has 1 saturated heterocycles. The molecule has 2 aliphatic heterocycles. The number of morpholine rings is 1. The maximum atomic E-state index is 14.6. The fourth-order valence-electron chi connectivity index (χ4n) is 4.39. The number of aromatic nitrogens is 3. The molecule has 1 fully saturated rings. The van der Waals surface area contributed by atoms with E-state index >= 15 is 0 Å². The predicted octanol–water partition coefficient (Wildman–Crippen LogP) is 4.48. The molecule has 2 aliphatic rings. The molecule has 0 aliphatic carbocycles. The molecule has 0 bridgehead atoms. The van der Waals surface area contributed by atoms with Crippen LogP contribution in [0.4, 0.5) is 26.0 Å². The highest BCUT2D eigenvalue weighted by Gasteiger charge is 2.29. The van der Waals surface area contributed by atoms with Gasteiger partial charge in [0.1, 0.15) is 29.0 Å². The molecule has 7 nitrogen and oxygen atoms in total. The van der Waals surface area contributed by atoms with Crippen molar-refractivity contribution in [2.45, 2.75) is 39.9 Å². The van der Waals surface area contributed by atoms with Gasteiger partial charge in [0.25, 0.3) is 0 Å². The molecular weight excluding hydrogens is 414 g/mol. The lowest BCUT2D eigenvalue weighted by molar-refractivity contribution is -0.00546. The van der Waals surface area contributed by atoms with Gasteiger partial charge in [0.2, 0.25) is 0 Å². The van der Waals surface area contributed by atoms with Gasteiger partial charge in [0.05, 0.1) is 40.5 Å². The number of aromatic amines is 1. The minimum absolute atomic E-state index is 0.0800. The number of pyridine rings is 1. The van der Waals surface area contributed by atoms with Crippen LogP contribution in [0, 0.1) is 25.5 Å². The maximum absolute atomic E-state index is 14.6. The third-order valence-corrected chi connectivity index (χ3v) is 5.78. The number of hydrogen-bond donors (Lipinski definition) is 2. The van der Waals surface area contributed by atoms with Gasteiger partial charge in [-0.15, -0.1) is 0 Å². The number of aryl methyl sites for hydroxylation is 2. The second kappa shape index (κ2) is 7.67. The summed E-state index contributed by atoms with van der Waals surface area (Å²) in [6.45, 7) is 9.20. The van der Waals surface area contributed by atoms with Crippen molar-refractivity contribution < 1.29 is 13.5 Å². The Bertz CT molecular complexity index is 1210. The first-order valence-corrected chi connectivity index (χ1v) is 10.6. The van der Waals surface area contributed by atoms with E-state index < -0.39 is 11.6 Å². The van der Waals surface area contributed by atoms with Crippen LogP contribution in [0.1, 0.15) is 30.8 Å². The quantitative estimate of drug-likeness (QED) is 0.617. The van der Waals surface area contributed by atoms with Gasteiger partial charge >= 0.3 is 0 Å². The Hall–Kier alpha value is -3.33. The monoisotopic (exact) mass is 438 g/mol. The van der Waals surface area contributed by atoms with Crippen molar-refractivity contribution in [3.8, 4) is 11.3 Å². The summed E-state index contributed by atoms with van der Waals surface area (Å²) in [5.41, 5.74) is 3.75. The van der Waals surface area contributed by atoms with Gasteiger partial charge in [0, 0.05) is 18.7 Å². The van der Waals surface area contributed by atoms with Gasteiger partial charge in [0.15, 0.2) is 0 Å². The topological polar surface area (TPSA) is 78.4 Å². The van der Waals surface area contributed by atoms with Crippen LogP contribution in [0.25, 0.3) is 11.3 Å². The molecule has 0 saturated carbocycles. The van der Waals surface area contributed by atoms with Gasteiger partial charge in [-0.05, 0) is 45.9 Å². The maximum Gasteiger partial charge on any atom is 0.144 e. The van der Waals surface area contributed by atoms with Crippen molar-refractivity contribution in [3.05, 3.63) is 52.9 Å². The van der Waals surface area contributed by atoms with Crippen LogP contribution in [0.3, 0.4) is 0 Å². The summed E-state index contributed by atoms with van der Waals surface area (Å²) in [6.07, 6.45) is 0.170. The second-order valence-corrected chi connectivity index (χ2v) is 8.37. The number of aliphatic imine (C=N–C) groups is 1. The minimum atomic E-state index is -0.694. The van der Waals surface area contributed by atoms with E-state index in [-0.39, 0.29) is 23.6 Å². The Morgan fingerprint density at radius 1 is 1.06 bits per heavy atom. The number of halogens is 2.